The van der Waals surface area contributed by atoms with Crippen LogP contribution in [-0.4, -0.2) is 46.4 Å². The number of hydrogen-bond acceptors (Lipinski definition) is 5. The van der Waals surface area contributed by atoms with Crippen molar-refractivity contribution < 1.29 is 14.3 Å². The number of thiocarbonyl (C=S) groups is 1. The lowest BCUT2D eigenvalue weighted by atomic mass is 10.1. The Morgan fingerprint density at radius 2 is 1.50 bits per heavy atom. The number of fused-ring (bicyclic) bond motifs is 1. The van der Waals surface area contributed by atoms with Crippen molar-refractivity contribution in [3.05, 3.63) is 47.9 Å². The number of para-hydroxylation sites is 2. The van der Waals surface area contributed by atoms with Crippen LogP contribution in [0.25, 0.3) is 0 Å². The van der Waals surface area contributed by atoms with Crippen LogP contribution in [0.2, 0.25) is 0 Å². The Bertz CT molecular complexity index is 803. The van der Waals surface area contributed by atoms with Crippen LogP contribution in [0, 0.1) is 0 Å². The first-order chi connectivity index (χ1) is 12.5. The molecule has 0 saturated carbocycles. The number of likely N-dealkylation sites (N-methyl/N-ethyl adjacent to an activating group) is 2. The Kier molecular flexibility index (Phi) is 5.08. The number of benzene rings is 1. The molecule has 136 valence electrons. The fourth-order valence-electron chi connectivity index (χ4n) is 3.06. The molecule has 0 spiro atoms. The van der Waals surface area contributed by atoms with Gasteiger partial charge in [0, 0.05) is 19.6 Å². The fraction of sp³-hybridized carbons (Fsp3) is 0.316. The molecule has 0 aliphatic carbocycles. The summed E-state index contributed by atoms with van der Waals surface area (Å²) >= 11 is 5.26. The summed E-state index contributed by atoms with van der Waals surface area (Å²) < 4.78 is 5.87. The number of carbonyl (C=O) groups is 2. The van der Waals surface area contributed by atoms with Crippen LogP contribution in [0.4, 0.5) is 5.69 Å². The third kappa shape index (κ3) is 2.88. The molecule has 0 radical (unpaired) electrons. The van der Waals surface area contributed by atoms with Crippen molar-refractivity contribution in [2.75, 3.05) is 24.5 Å². The lowest BCUT2D eigenvalue weighted by Gasteiger charge is -2.35. The van der Waals surface area contributed by atoms with Crippen molar-refractivity contribution >= 4 is 34.8 Å². The summed E-state index contributed by atoms with van der Waals surface area (Å²) in [4.78, 5) is 30.2. The number of nitrogens with zero attached hydrogens (tertiary/aromatic N) is 3. The maximum atomic E-state index is 12.7. The van der Waals surface area contributed by atoms with Gasteiger partial charge in [-0.05, 0) is 57.3 Å². The van der Waals surface area contributed by atoms with Gasteiger partial charge in [-0.2, -0.15) is 0 Å². The lowest BCUT2D eigenvalue weighted by Crippen LogP contribution is -2.55. The maximum Gasteiger partial charge on any atom is 0.265 e. The van der Waals surface area contributed by atoms with Crippen molar-refractivity contribution in [1.29, 1.82) is 0 Å². The van der Waals surface area contributed by atoms with Crippen molar-refractivity contribution in [3.8, 4) is 5.75 Å². The first kappa shape index (κ1) is 18.1. The Balaban J connectivity index is 1.96. The molecule has 2 amide bonds. The van der Waals surface area contributed by atoms with E-state index in [2.05, 4.69) is 0 Å². The van der Waals surface area contributed by atoms with Gasteiger partial charge in [-0.3, -0.25) is 19.4 Å². The first-order valence-electron chi connectivity index (χ1n) is 8.67. The van der Waals surface area contributed by atoms with E-state index in [-0.39, 0.29) is 22.5 Å². The molecule has 0 unspecified atom stereocenters. The van der Waals surface area contributed by atoms with Gasteiger partial charge >= 0.3 is 0 Å². The zero-order chi connectivity index (χ0) is 18.8. The molecule has 0 aromatic heterocycles. The number of carbonyl (C=O) groups excluding carboxylic acids is 2. The Morgan fingerprint density at radius 1 is 0.923 bits per heavy atom. The summed E-state index contributed by atoms with van der Waals surface area (Å²) in [6.07, 6.45) is 3.20. The van der Waals surface area contributed by atoms with E-state index in [0.717, 1.165) is 11.4 Å². The molecule has 0 atom stereocenters. The molecule has 6 nitrogen and oxygen atoms in total. The molecule has 3 rings (SSSR count). The Hall–Kier alpha value is -2.67. The number of hydrogen-bond donors (Lipinski definition) is 0. The van der Waals surface area contributed by atoms with Gasteiger partial charge in [-0.25, -0.2) is 0 Å². The van der Waals surface area contributed by atoms with E-state index in [0.29, 0.717) is 25.5 Å². The SMILES string of the molecule is CCN1C(=O)C(=C/C=C2\Oc3ccccc3N2CC)C(=O)N(CC)C1=S. The summed E-state index contributed by atoms with van der Waals surface area (Å²) in [5.74, 6) is 0.595. The predicted molar refractivity (Wildman–Crippen MR) is 104 cm³/mol. The molecule has 2 aliphatic heterocycles. The molecule has 0 bridgehead atoms. The van der Waals surface area contributed by atoms with Crippen LogP contribution in [0.1, 0.15) is 20.8 Å². The average Bonchev–Trinajstić information content (AvgIpc) is 2.99. The summed E-state index contributed by atoms with van der Waals surface area (Å²) in [6.45, 7) is 7.22. The summed E-state index contributed by atoms with van der Waals surface area (Å²) in [5.41, 5.74) is 1.05. The summed E-state index contributed by atoms with van der Waals surface area (Å²) in [7, 11) is 0. The van der Waals surface area contributed by atoms with E-state index < -0.39 is 0 Å². The predicted octanol–water partition coefficient (Wildman–Crippen LogP) is 2.67. The van der Waals surface area contributed by atoms with Gasteiger partial charge in [-0.1, -0.05) is 12.1 Å². The Labute approximate surface area is 158 Å². The third-order valence-electron chi connectivity index (χ3n) is 4.39. The van der Waals surface area contributed by atoms with Gasteiger partial charge in [-0.15, -0.1) is 0 Å². The molecule has 7 heteroatoms. The van der Waals surface area contributed by atoms with Crippen molar-refractivity contribution in [2.45, 2.75) is 20.8 Å². The van der Waals surface area contributed by atoms with Crippen molar-refractivity contribution in [2.24, 2.45) is 0 Å². The van der Waals surface area contributed by atoms with Crippen LogP contribution in [0.15, 0.2) is 47.9 Å². The minimum absolute atomic E-state index is 0.0883. The van der Waals surface area contributed by atoms with Gasteiger partial charge in [0.2, 0.25) is 5.88 Å². The second-order valence-electron chi connectivity index (χ2n) is 5.78. The van der Waals surface area contributed by atoms with Crippen molar-refractivity contribution in [1.82, 2.24) is 9.80 Å². The molecule has 1 aromatic carbocycles. The third-order valence-corrected chi connectivity index (χ3v) is 4.83. The topological polar surface area (TPSA) is 53.1 Å². The number of amides is 2. The van der Waals surface area contributed by atoms with E-state index in [9.17, 15) is 9.59 Å². The van der Waals surface area contributed by atoms with E-state index in [1.807, 2.05) is 49.9 Å². The number of anilines is 1. The fourth-order valence-corrected chi connectivity index (χ4v) is 3.48. The normalized spacial score (nSPS) is 18.6. The zero-order valence-corrected chi connectivity index (χ0v) is 15.9. The van der Waals surface area contributed by atoms with Gasteiger partial charge < -0.3 is 9.64 Å². The molecular weight excluding hydrogens is 350 g/mol. The molecule has 0 N–H and O–H groups in total. The van der Waals surface area contributed by atoms with Crippen LogP contribution in [-0.2, 0) is 9.59 Å². The second-order valence-corrected chi connectivity index (χ2v) is 6.15. The highest BCUT2D eigenvalue weighted by Gasteiger charge is 2.37. The van der Waals surface area contributed by atoms with E-state index in [1.54, 1.807) is 6.08 Å². The van der Waals surface area contributed by atoms with Crippen LogP contribution in [0.5, 0.6) is 5.75 Å². The quantitative estimate of drug-likeness (QED) is 0.463. The molecule has 2 heterocycles. The Morgan fingerprint density at radius 3 is 2.08 bits per heavy atom. The monoisotopic (exact) mass is 371 g/mol. The van der Waals surface area contributed by atoms with Crippen LogP contribution >= 0.6 is 12.2 Å². The second kappa shape index (κ2) is 7.29. The number of ether oxygens (including phenoxy) is 1. The van der Waals surface area contributed by atoms with Gasteiger partial charge in [0.15, 0.2) is 10.9 Å². The van der Waals surface area contributed by atoms with E-state index >= 15 is 0 Å². The lowest BCUT2D eigenvalue weighted by molar-refractivity contribution is -0.133. The zero-order valence-electron chi connectivity index (χ0n) is 15.1. The van der Waals surface area contributed by atoms with Gasteiger partial charge in [0.25, 0.3) is 11.8 Å². The number of rotatable bonds is 4. The minimum atomic E-state index is -0.373. The van der Waals surface area contributed by atoms with Gasteiger partial charge in [0.05, 0.1) is 5.69 Å². The highest BCUT2D eigenvalue weighted by Crippen LogP contribution is 2.38. The molecule has 2 aliphatic rings. The average molecular weight is 371 g/mol. The first-order valence-corrected chi connectivity index (χ1v) is 9.08. The van der Waals surface area contributed by atoms with Gasteiger partial charge in [0.1, 0.15) is 5.57 Å². The van der Waals surface area contributed by atoms with Crippen molar-refractivity contribution in [3.63, 3.8) is 0 Å². The summed E-state index contributed by atoms with van der Waals surface area (Å²) in [5, 5.41) is 0.259. The number of allylic oxidation sites excluding steroid dienone is 2. The van der Waals surface area contributed by atoms with Crippen LogP contribution in [0.3, 0.4) is 0 Å². The molecular formula is C19H21N3O3S. The molecule has 1 saturated heterocycles. The van der Waals surface area contributed by atoms with E-state index in [4.69, 9.17) is 17.0 Å². The molecule has 1 fully saturated rings. The minimum Gasteiger partial charge on any atom is -0.439 e. The molecule has 26 heavy (non-hydrogen) atoms. The maximum absolute atomic E-state index is 12.7. The summed E-state index contributed by atoms with van der Waals surface area (Å²) in [6, 6.07) is 7.71. The molecule has 1 aromatic rings. The standard InChI is InChI=1S/C19H21N3O3S/c1-4-20-14-9-7-8-10-15(14)25-16(20)12-11-13-17(23)21(5-2)19(26)22(6-3)18(13)24/h7-12H,4-6H2,1-3H3/b16-12-. The highest BCUT2D eigenvalue weighted by molar-refractivity contribution is 7.80. The highest BCUT2D eigenvalue weighted by atomic mass is 32.1. The van der Waals surface area contributed by atoms with Crippen LogP contribution < -0.4 is 9.64 Å². The smallest absolute Gasteiger partial charge is 0.265 e. The van der Waals surface area contributed by atoms with E-state index in [1.165, 1.54) is 15.9 Å². The largest absolute Gasteiger partial charge is 0.439 e.